The normalized spacial score (nSPS) is 10.3. The van der Waals surface area contributed by atoms with E-state index >= 15 is 0 Å². The van der Waals surface area contributed by atoms with E-state index in [1.165, 1.54) is 12.3 Å². The van der Waals surface area contributed by atoms with E-state index in [1.807, 2.05) is 0 Å². The van der Waals surface area contributed by atoms with Gasteiger partial charge in [-0.2, -0.15) is 0 Å². The molecule has 0 unspecified atom stereocenters. The van der Waals surface area contributed by atoms with E-state index in [-0.39, 0.29) is 24.5 Å². The van der Waals surface area contributed by atoms with Crippen molar-refractivity contribution >= 4 is 5.97 Å². The fourth-order valence-corrected chi connectivity index (χ4v) is 1.56. The second-order valence-corrected chi connectivity index (χ2v) is 3.62. The fraction of sp³-hybridized carbons (Fsp3) is 0.154. The molecule has 0 bridgehead atoms. The number of aliphatic hydroxyl groups is 1. The molecule has 0 aliphatic carbocycles. The van der Waals surface area contributed by atoms with Crippen LogP contribution in [-0.2, 0) is 13.2 Å². The zero-order chi connectivity index (χ0) is 13.0. The van der Waals surface area contributed by atoms with Gasteiger partial charge in [-0.05, 0) is 12.1 Å². The molecule has 1 aromatic carbocycles. The van der Waals surface area contributed by atoms with Gasteiger partial charge in [-0.1, -0.05) is 18.2 Å². The molecule has 0 radical (unpaired) electrons. The third kappa shape index (κ3) is 2.52. The number of rotatable bonds is 5. The van der Waals surface area contributed by atoms with E-state index in [0.717, 1.165) is 0 Å². The van der Waals surface area contributed by atoms with Crippen LogP contribution in [0.2, 0.25) is 0 Å². The van der Waals surface area contributed by atoms with Crippen molar-refractivity contribution in [1.29, 1.82) is 0 Å². The Hall–Kier alpha value is -2.27. The van der Waals surface area contributed by atoms with Crippen LogP contribution in [0.15, 0.2) is 41.0 Å². The van der Waals surface area contributed by atoms with Crippen molar-refractivity contribution in [2.45, 2.75) is 13.2 Å². The minimum absolute atomic E-state index is 0.00560. The molecule has 2 aromatic rings. The van der Waals surface area contributed by atoms with Crippen LogP contribution in [0.25, 0.3) is 0 Å². The van der Waals surface area contributed by atoms with Gasteiger partial charge in [-0.25, -0.2) is 4.79 Å². The van der Waals surface area contributed by atoms with Gasteiger partial charge in [0.1, 0.15) is 17.9 Å². The first-order valence-corrected chi connectivity index (χ1v) is 5.33. The third-order valence-electron chi connectivity index (χ3n) is 2.48. The molecule has 18 heavy (non-hydrogen) atoms. The largest absolute Gasteiger partial charge is 0.485 e. The number of aliphatic hydroxyl groups excluding tert-OH is 1. The average Bonchev–Trinajstić information content (AvgIpc) is 2.85. The molecule has 1 heterocycles. The fourth-order valence-electron chi connectivity index (χ4n) is 1.56. The van der Waals surface area contributed by atoms with Crippen LogP contribution in [0.3, 0.4) is 0 Å². The van der Waals surface area contributed by atoms with Crippen LogP contribution < -0.4 is 4.74 Å². The van der Waals surface area contributed by atoms with Crippen LogP contribution in [0.5, 0.6) is 5.75 Å². The summed E-state index contributed by atoms with van der Waals surface area (Å²) in [4.78, 5) is 10.9. The maximum Gasteiger partial charge on any atom is 0.339 e. The van der Waals surface area contributed by atoms with Gasteiger partial charge in [0.25, 0.3) is 0 Å². The summed E-state index contributed by atoms with van der Waals surface area (Å²) < 4.78 is 10.5. The van der Waals surface area contributed by atoms with Crippen molar-refractivity contribution in [3.8, 4) is 5.75 Å². The quantitative estimate of drug-likeness (QED) is 0.846. The molecule has 94 valence electrons. The highest BCUT2D eigenvalue weighted by Crippen LogP contribution is 2.20. The number of furan rings is 1. The van der Waals surface area contributed by atoms with Gasteiger partial charge in [0, 0.05) is 5.56 Å². The summed E-state index contributed by atoms with van der Waals surface area (Å²) in [6, 6.07) is 8.37. The van der Waals surface area contributed by atoms with E-state index in [2.05, 4.69) is 0 Å². The highest BCUT2D eigenvalue weighted by molar-refractivity contribution is 5.88. The molecule has 0 atom stereocenters. The molecule has 0 fully saturated rings. The van der Waals surface area contributed by atoms with Gasteiger partial charge in [0.2, 0.25) is 0 Å². The van der Waals surface area contributed by atoms with Crippen molar-refractivity contribution in [2.75, 3.05) is 0 Å². The molecule has 2 N–H and O–H groups in total. The van der Waals surface area contributed by atoms with E-state index in [0.29, 0.717) is 11.3 Å². The van der Waals surface area contributed by atoms with Crippen molar-refractivity contribution in [1.82, 2.24) is 0 Å². The van der Waals surface area contributed by atoms with Crippen LogP contribution in [0, 0.1) is 0 Å². The van der Waals surface area contributed by atoms with E-state index in [4.69, 9.17) is 19.4 Å². The van der Waals surface area contributed by atoms with E-state index < -0.39 is 5.97 Å². The lowest BCUT2D eigenvalue weighted by molar-refractivity contribution is 0.0691. The van der Waals surface area contributed by atoms with Gasteiger partial charge in [0.05, 0.1) is 12.9 Å². The van der Waals surface area contributed by atoms with Crippen molar-refractivity contribution < 1.29 is 24.2 Å². The number of hydrogen-bond donors (Lipinski definition) is 2. The minimum Gasteiger partial charge on any atom is -0.485 e. The number of benzene rings is 1. The number of para-hydroxylation sites is 1. The third-order valence-corrected chi connectivity index (χ3v) is 2.48. The van der Waals surface area contributed by atoms with Crippen LogP contribution in [0.4, 0.5) is 0 Å². The molecule has 0 saturated heterocycles. The second kappa shape index (κ2) is 5.37. The smallest absolute Gasteiger partial charge is 0.339 e. The molecule has 2 rings (SSSR count). The summed E-state index contributed by atoms with van der Waals surface area (Å²) in [7, 11) is 0. The lowest BCUT2D eigenvalue weighted by Gasteiger charge is -2.08. The maximum absolute atomic E-state index is 10.9. The average molecular weight is 248 g/mol. The zero-order valence-electron chi connectivity index (χ0n) is 9.50. The lowest BCUT2D eigenvalue weighted by atomic mass is 10.2. The number of hydrogen-bond acceptors (Lipinski definition) is 4. The topological polar surface area (TPSA) is 79.9 Å². The number of carboxylic acid groups (broad SMARTS) is 1. The first-order valence-electron chi connectivity index (χ1n) is 5.33. The molecular weight excluding hydrogens is 236 g/mol. The Bertz CT molecular complexity index is 544. The first kappa shape index (κ1) is 12.2. The Morgan fingerprint density at radius 3 is 2.78 bits per heavy atom. The Balaban J connectivity index is 2.11. The molecular formula is C13H12O5. The first-order chi connectivity index (χ1) is 8.72. The van der Waals surface area contributed by atoms with Gasteiger partial charge in [-0.3, -0.25) is 0 Å². The van der Waals surface area contributed by atoms with Gasteiger partial charge in [-0.15, -0.1) is 0 Å². The van der Waals surface area contributed by atoms with Gasteiger partial charge < -0.3 is 19.4 Å². The Morgan fingerprint density at radius 1 is 1.28 bits per heavy atom. The van der Waals surface area contributed by atoms with Gasteiger partial charge in [0.15, 0.2) is 5.76 Å². The zero-order valence-corrected chi connectivity index (χ0v) is 9.50. The maximum atomic E-state index is 10.9. The molecule has 0 saturated carbocycles. The summed E-state index contributed by atoms with van der Waals surface area (Å²) in [6.07, 6.45) is 1.31. The molecule has 0 aliphatic rings. The molecule has 1 aromatic heterocycles. The van der Waals surface area contributed by atoms with Crippen molar-refractivity contribution in [3.63, 3.8) is 0 Å². The Morgan fingerprint density at radius 2 is 2.06 bits per heavy atom. The number of aromatic carboxylic acids is 1. The van der Waals surface area contributed by atoms with E-state index in [1.54, 1.807) is 24.3 Å². The minimum atomic E-state index is -1.06. The molecule has 5 nitrogen and oxygen atoms in total. The summed E-state index contributed by atoms with van der Waals surface area (Å²) in [5, 5.41) is 18.0. The predicted octanol–water partition coefficient (Wildman–Crippen LogP) is 2.05. The predicted molar refractivity (Wildman–Crippen MR) is 62.4 cm³/mol. The van der Waals surface area contributed by atoms with Crippen LogP contribution in [-0.4, -0.2) is 16.2 Å². The van der Waals surface area contributed by atoms with Crippen LogP contribution in [0.1, 0.15) is 21.7 Å². The Kier molecular flexibility index (Phi) is 3.64. The highest BCUT2D eigenvalue weighted by atomic mass is 16.5. The summed E-state index contributed by atoms with van der Waals surface area (Å²) >= 11 is 0. The number of ether oxygens (including phenoxy) is 1. The summed E-state index contributed by atoms with van der Waals surface area (Å²) in [5.74, 6) is -0.305. The number of carboxylic acids is 1. The van der Waals surface area contributed by atoms with Crippen LogP contribution >= 0.6 is 0 Å². The number of carbonyl (C=O) groups is 1. The highest BCUT2D eigenvalue weighted by Gasteiger charge is 2.14. The second-order valence-electron chi connectivity index (χ2n) is 3.62. The molecule has 0 aliphatic heterocycles. The lowest BCUT2D eigenvalue weighted by Crippen LogP contribution is -2.03. The van der Waals surface area contributed by atoms with Crippen molar-refractivity contribution in [2.24, 2.45) is 0 Å². The van der Waals surface area contributed by atoms with Crippen molar-refractivity contribution in [3.05, 3.63) is 53.5 Å². The molecule has 0 spiro atoms. The van der Waals surface area contributed by atoms with E-state index in [9.17, 15) is 4.79 Å². The molecule has 5 heteroatoms. The SMILES string of the molecule is O=C(O)c1ccoc1COc1ccccc1CO. The monoisotopic (exact) mass is 248 g/mol. The summed E-state index contributed by atoms with van der Waals surface area (Å²) in [5.41, 5.74) is 0.720. The summed E-state index contributed by atoms with van der Waals surface area (Å²) in [6.45, 7) is -0.133. The molecule has 0 amide bonds. The Labute approximate surface area is 103 Å². The van der Waals surface area contributed by atoms with Gasteiger partial charge >= 0.3 is 5.97 Å². The standard InChI is InChI=1S/C13H12O5/c14-7-9-3-1-2-4-11(9)18-8-12-10(13(15)16)5-6-17-12/h1-6,14H,7-8H2,(H,15,16).